The second-order valence-electron chi connectivity index (χ2n) is 6.29. The van der Waals surface area contributed by atoms with Crippen molar-refractivity contribution in [1.29, 1.82) is 0 Å². The van der Waals surface area contributed by atoms with Crippen molar-refractivity contribution >= 4 is 27.5 Å². The van der Waals surface area contributed by atoms with Gasteiger partial charge in [-0.1, -0.05) is 0 Å². The predicted molar refractivity (Wildman–Crippen MR) is 86.1 cm³/mol. The van der Waals surface area contributed by atoms with Crippen LogP contribution in [0.5, 0.6) is 0 Å². The highest BCUT2D eigenvalue weighted by Crippen LogP contribution is 2.34. The maximum atomic E-state index is 12.6. The fourth-order valence-electron chi connectivity index (χ4n) is 3.02. The molecule has 2 aliphatic rings. The number of carbonyl (C=O) groups is 1. The number of nitrogens with one attached hydrogen (secondary N) is 2. The Bertz CT molecular complexity index is 747. The number of hydrogen-bond donors (Lipinski definition) is 2. The van der Waals surface area contributed by atoms with Gasteiger partial charge >= 0.3 is 0 Å². The lowest BCUT2D eigenvalue weighted by Gasteiger charge is -2.42. The fraction of sp³-hybridized carbons (Fsp3) is 0.438. The number of carbonyl (C=O) groups excluding carboxylic acids is 1. The molecule has 2 N–H and O–H groups in total. The standard InChI is InChI=1S/C16H20N2O3S/c1-11(2)18-16(7-3-8-16)15(19)17-13-4-5-14-12(10-13)6-9-22(14,20)21/h4-6,9-11,18H,3,7-8H2,1-2H3,(H,17,19). The average Bonchev–Trinajstić information content (AvgIpc) is 2.69. The minimum atomic E-state index is -3.29. The average molecular weight is 320 g/mol. The van der Waals surface area contributed by atoms with Crippen molar-refractivity contribution in [2.24, 2.45) is 0 Å². The Kier molecular flexibility index (Phi) is 3.61. The smallest absolute Gasteiger partial charge is 0.244 e. The minimum Gasteiger partial charge on any atom is -0.324 e. The second-order valence-corrected chi connectivity index (χ2v) is 8.09. The molecule has 0 atom stereocenters. The molecule has 1 heterocycles. The number of rotatable bonds is 4. The van der Waals surface area contributed by atoms with Crippen LogP contribution in [0.4, 0.5) is 5.69 Å². The van der Waals surface area contributed by atoms with Crippen LogP contribution in [-0.4, -0.2) is 25.9 Å². The summed E-state index contributed by atoms with van der Waals surface area (Å²) in [5, 5.41) is 7.46. The van der Waals surface area contributed by atoms with Gasteiger partial charge in [0.05, 0.1) is 10.4 Å². The quantitative estimate of drug-likeness (QED) is 0.892. The highest BCUT2D eigenvalue weighted by atomic mass is 32.2. The van der Waals surface area contributed by atoms with Gasteiger partial charge in [0.25, 0.3) is 0 Å². The van der Waals surface area contributed by atoms with E-state index in [1.165, 1.54) is 5.41 Å². The van der Waals surface area contributed by atoms with Crippen molar-refractivity contribution < 1.29 is 13.2 Å². The molecule has 1 amide bonds. The summed E-state index contributed by atoms with van der Waals surface area (Å²) in [7, 11) is -3.29. The zero-order valence-corrected chi connectivity index (χ0v) is 13.5. The summed E-state index contributed by atoms with van der Waals surface area (Å²) in [6.45, 7) is 4.05. The van der Waals surface area contributed by atoms with Gasteiger partial charge in [-0.15, -0.1) is 0 Å². The van der Waals surface area contributed by atoms with E-state index in [0.29, 0.717) is 16.1 Å². The number of hydrogen-bond acceptors (Lipinski definition) is 4. The van der Waals surface area contributed by atoms with E-state index < -0.39 is 15.4 Å². The highest BCUT2D eigenvalue weighted by molar-refractivity contribution is 7.94. The van der Waals surface area contributed by atoms with Crippen molar-refractivity contribution in [2.45, 2.75) is 49.6 Å². The van der Waals surface area contributed by atoms with Crippen LogP contribution in [-0.2, 0) is 14.6 Å². The van der Waals surface area contributed by atoms with Crippen LogP contribution in [0.2, 0.25) is 0 Å². The summed E-state index contributed by atoms with van der Waals surface area (Å²) in [6, 6.07) is 5.13. The topological polar surface area (TPSA) is 75.3 Å². The molecule has 1 aliphatic carbocycles. The van der Waals surface area contributed by atoms with Crippen molar-refractivity contribution in [1.82, 2.24) is 5.32 Å². The Morgan fingerprint density at radius 2 is 2.00 bits per heavy atom. The van der Waals surface area contributed by atoms with Crippen LogP contribution in [0.15, 0.2) is 28.5 Å². The van der Waals surface area contributed by atoms with Crippen molar-refractivity contribution in [2.75, 3.05) is 5.32 Å². The van der Waals surface area contributed by atoms with Crippen LogP contribution in [0, 0.1) is 0 Å². The molecule has 0 saturated heterocycles. The van der Waals surface area contributed by atoms with Gasteiger partial charge in [-0.25, -0.2) is 8.42 Å². The normalized spacial score (nSPS) is 20.5. The van der Waals surface area contributed by atoms with Gasteiger partial charge in [-0.05, 0) is 62.9 Å². The molecule has 0 spiro atoms. The zero-order chi connectivity index (χ0) is 16.0. The molecule has 1 fully saturated rings. The Hall–Kier alpha value is -1.66. The number of amides is 1. The number of fused-ring (bicyclic) bond motifs is 1. The van der Waals surface area contributed by atoms with Crippen molar-refractivity contribution in [3.63, 3.8) is 0 Å². The molecule has 118 valence electrons. The lowest BCUT2D eigenvalue weighted by molar-refractivity contribution is -0.126. The molecule has 1 saturated carbocycles. The highest BCUT2D eigenvalue weighted by Gasteiger charge is 2.44. The Labute approximate surface area is 130 Å². The maximum absolute atomic E-state index is 12.6. The van der Waals surface area contributed by atoms with Gasteiger partial charge in [0.2, 0.25) is 5.91 Å². The lowest BCUT2D eigenvalue weighted by Crippen LogP contribution is -2.61. The van der Waals surface area contributed by atoms with Gasteiger partial charge in [0.1, 0.15) is 0 Å². The molecule has 5 nitrogen and oxygen atoms in total. The van der Waals surface area contributed by atoms with E-state index in [4.69, 9.17) is 0 Å². The first-order valence-electron chi connectivity index (χ1n) is 7.49. The van der Waals surface area contributed by atoms with Crippen LogP contribution >= 0.6 is 0 Å². The molecule has 0 bridgehead atoms. The molecule has 1 aromatic rings. The third kappa shape index (κ3) is 2.57. The molecule has 1 aliphatic heterocycles. The van der Waals surface area contributed by atoms with Crippen LogP contribution in [0.25, 0.3) is 6.08 Å². The van der Waals surface area contributed by atoms with E-state index >= 15 is 0 Å². The van der Waals surface area contributed by atoms with Crippen LogP contribution in [0.1, 0.15) is 38.7 Å². The molecule has 0 aromatic heterocycles. The summed E-state index contributed by atoms with van der Waals surface area (Å²) in [6.07, 6.45) is 4.26. The Morgan fingerprint density at radius 1 is 1.27 bits per heavy atom. The van der Waals surface area contributed by atoms with Gasteiger partial charge in [-0.2, -0.15) is 0 Å². The summed E-state index contributed by atoms with van der Waals surface area (Å²) < 4.78 is 23.5. The van der Waals surface area contributed by atoms with E-state index in [1.807, 2.05) is 13.8 Å². The van der Waals surface area contributed by atoms with Gasteiger partial charge in [-0.3, -0.25) is 4.79 Å². The fourth-order valence-corrected chi connectivity index (χ4v) is 4.21. The molecule has 0 unspecified atom stereocenters. The third-order valence-electron chi connectivity index (χ3n) is 4.21. The molecule has 22 heavy (non-hydrogen) atoms. The Morgan fingerprint density at radius 3 is 2.59 bits per heavy atom. The molecule has 0 radical (unpaired) electrons. The molecule has 3 rings (SSSR count). The van der Waals surface area contributed by atoms with Gasteiger partial charge in [0, 0.05) is 17.1 Å². The van der Waals surface area contributed by atoms with Crippen LogP contribution in [0.3, 0.4) is 0 Å². The monoisotopic (exact) mass is 320 g/mol. The van der Waals surface area contributed by atoms with E-state index in [1.54, 1.807) is 24.3 Å². The lowest BCUT2D eigenvalue weighted by atomic mass is 9.75. The van der Waals surface area contributed by atoms with Gasteiger partial charge in [0.15, 0.2) is 9.84 Å². The zero-order valence-electron chi connectivity index (χ0n) is 12.7. The first-order chi connectivity index (χ1) is 10.3. The number of anilines is 1. The predicted octanol–water partition coefficient (Wildman–Crippen LogP) is 2.30. The summed E-state index contributed by atoms with van der Waals surface area (Å²) in [5.41, 5.74) is 0.759. The minimum absolute atomic E-state index is 0.0442. The van der Waals surface area contributed by atoms with E-state index in [9.17, 15) is 13.2 Å². The van der Waals surface area contributed by atoms with E-state index in [0.717, 1.165) is 19.3 Å². The number of benzene rings is 1. The third-order valence-corrected chi connectivity index (χ3v) is 5.69. The number of sulfone groups is 1. The van der Waals surface area contributed by atoms with Crippen molar-refractivity contribution in [3.8, 4) is 0 Å². The largest absolute Gasteiger partial charge is 0.324 e. The van der Waals surface area contributed by atoms with Gasteiger partial charge < -0.3 is 10.6 Å². The van der Waals surface area contributed by atoms with E-state index in [2.05, 4.69) is 10.6 Å². The summed E-state index contributed by atoms with van der Waals surface area (Å²) in [4.78, 5) is 12.9. The van der Waals surface area contributed by atoms with E-state index in [-0.39, 0.29) is 11.9 Å². The molecular formula is C16H20N2O3S. The SMILES string of the molecule is CC(C)NC1(C(=O)Nc2ccc3c(c2)C=CS3(=O)=O)CCC1. The second kappa shape index (κ2) is 5.21. The maximum Gasteiger partial charge on any atom is 0.244 e. The summed E-state index contributed by atoms with van der Waals surface area (Å²) >= 11 is 0. The van der Waals surface area contributed by atoms with Crippen molar-refractivity contribution in [3.05, 3.63) is 29.2 Å². The first kappa shape index (κ1) is 15.2. The molecule has 6 heteroatoms. The Balaban J connectivity index is 1.79. The molecule has 1 aromatic carbocycles. The van der Waals surface area contributed by atoms with Crippen LogP contribution < -0.4 is 10.6 Å². The summed E-state index contributed by atoms with van der Waals surface area (Å²) in [5.74, 6) is -0.0442. The molecular weight excluding hydrogens is 300 g/mol. The first-order valence-corrected chi connectivity index (χ1v) is 9.03.